The van der Waals surface area contributed by atoms with Gasteiger partial charge in [-0.1, -0.05) is 42.5 Å². The lowest BCUT2D eigenvalue weighted by Gasteiger charge is -2.29. The molecular formula is C23H26FN5O. The number of anilines is 2. The maximum atomic E-state index is 13.9. The molecule has 7 heteroatoms. The van der Waals surface area contributed by atoms with Gasteiger partial charge < -0.3 is 10.2 Å². The Morgan fingerprint density at radius 1 is 1.07 bits per heavy atom. The summed E-state index contributed by atoms with van der Waals surface area (Å²) >= 11 is 0. The number of carbonyl (C=O) groups is 1. The van der Waals surface area contributed by atoms with Crippen LogP contribution >= 0.6 is 0 Å². The van der Waals surface area contributed by atoms with Crippen LogP contribution in [0.25, 0.3) is 11.3 Å². The highest BCUT2D eigenvalue weighted by atomic mass is 19.1. The molecule has 0 saturated carbocycles. The molecule has 30 heavy (non-hydrogen) atoms. The van der Waals surface area contributed by atoms with Gasteiger partial charge in [0.2, 0.25) is 0 Å². The van der Waals surface area contributed by atoms with Crippen molar-refractivity contribution < 1.29 is 9.18 Å². The number of benzene rings is 2. The average molecular weight is 407 g/mol. The van der Waals surface area contributed by atoms with Gasteiger partial charge in [0.15, 0.2) is 5.82 Å². The number of hydrogen-bond acceptors (Lipinski definition) is 3. The van der Waals surface area contributed by atoms with Crippen LogP contribution < -0.4 is 15.5 Å². The number of hydrogen-bond donors (Lipinski definition) is 2. The minimum absolute atomic E-state index is 0.300. The van der Waals surface area contributed by atoms with Crippen molar-refractivity contribution in [1.82, 2.24) is 15.1 Å². The van der Waals surface area contributed by atoms with Gasteiger partial charge in [0.1, 0.15) is 17.2 Å². The van der Waals surface area contributed by atoms with Crippen molar-refractivity contribution in [2.75, 3.05) is 23.3 Å². The minimum atomic E-state index is -0.308. The molecule has 1 aliphatic rings. The first kappa shape index (κ1) is 19.9. The molecule has 2 N–H and O–H groups in total. The van der Waals surface area contributed by atoms with E-state index in [1.165, 1.54) is 18.6 Å². The predicted octanol–water partition coefficient (Wildman–Crippen LogP) is 4.54. The third-order valence-corrected chi connectivity index (χ3v) is 5.32. The maximum Gasteiger partial charge on any atom is 0.320 e. The summed E-state index contributed by atoms with van der Waals surface area (Å²) in [7, 11) is 1.79. The van der Waals surface area contributed by atoms with Gasteiger partial charge in [0.05, 0.1) is 0 Å². The Morgan fingerprint density at radius 2 is 1.83 bits per heavy atom. The lowest BCUT2D eigenvalue weighted by atomic mass is 10.1. The van der Waals surface area contributed by atoms with Crippen LogP contribution in [0.2, 0.25) is 0 Å². The van der Waals surface area contributed by atoms with E-state index in [1.807, 2.05) is 36.4 Å². The fourth-order valence-corrected chi connectivity index (χ4v) is 3.83. The van der Waals surface area contributed by atoms with Gasteiger partial charge in [-0.3, -0.25) is 5.32 Å². The van der Waals surface area contributed by atoms with E-state index >= 15 is 0 Å². The summed E-state index contributed by atoms with van der Waals surface area (Å²) in [6.07, 6.45) is 3.35. The van der Waals surface area contributed by atoms with Crippen LogP contribution in [0.1, 0.15) is 24.8 Å². The van der Waals surface area contributed by atoms with E-state index < -0.39 is 0 Å². The molecule has 0 unspecified atom stereocenters. The molecule has 0 aliphatic carbocycles. The number of piperidine rings is 1. The molecule has 3 aromatic rings. The number of amides is 2. The van der Waals surface area contributed by atoms with E-state index in [4.69, 9.17) is 0 Å². The van der Waals surface area contributed by atoms with Crippen LogP contribution in [0.4, 0.5) is 20.7 Å². The third-order valence-electron chi connectivity index (χ3n) is 5.32. The monoisotopic (exact) mass is 407 g/mol. The van der Waals surface area contributed by atoms with Gasteiger partial charge in [0, 0.05) is 32.2 Å². The molecule has 6 nitrogen and oxygen atoms in total. The highest BCUT2D eigenvalue weighted by Crippen LogP contribution is 2.38. The van der Waals surface area contributed by atoms with Crippen molar-refractivity contribution in [2.45, 2.75) is 25.8 Å². The Balaban J connectivity index is 1.62. The van der Waals surface area contributed by atoms with Gasteiger partial charge in [-0.15, -0.1) is 0 Å². The van der Waals surface area contributed by atoms with Gasteiger partial charge in [-0.05, 0) is 37.0 Å². The predicted molar refractivity (Wildman–Crippen MR) is 117 cm³/mol. The quantitative estimate of drug-likeness (QED) is 0.653. The zero-order chi connectivity index (χ0) is 20.9. The summed E-state index contributed by atoms with van der Waals surface area (Å²) in [5.74, 6) is 0.305. The Bertz CT molecular complexity index is 1010. The van der Waals surface area contributed by atoms with Gasteiger partial charge in [0.25, 0.3) is 0 Å². The first-order valence-corrected chi connectivity index (χ1v) is 10.3. The largest absolute Gasteiger partial charge is 0.367 e. The van der Waals surface area contributed by atoms with Crippen molar-refractivity contribution in [2.24, 2.45) is 7.05 Å². The molecule has 0 atom stereocenters. The fourth-order valence-electron chi connectivity index (χ4n) is 3.83. The number of aromatic nitrogens is 2. The van der Waals surface area contributed by atoms with Crippen LogP contribution in [0.15, 0.2) is 54.6 Å². The number of carbonyl (C=O) groups excluding carboxylic acids is 1. The molecule has 0 spiro atoms. The zero-order valence-corrected chi connectivity index (χ0v) is 17.1. The highest BCUT2D eigenvalue weighted by molar-refractivity contribution is 5.95. The van der Waals surface area contributed by atoms with Crippen LogP contribution in [-0.4, -0.2) is 28.9 Å². The molecular weight excluding hydrogens is 381 g/mol. The van der Waals surface area contributed by atoms with E-state index in [9.17, 15) is 9.18 Å². The van der Waals surface area contributed by atoms with Crippen LogP contribution in [0.3, 0.4) is 0 Å². The number of urea groups is 1. The second-order valence-electron chi connectivity index (χ2n) is 7.52. The molecule has 0 radical (unpaired) electrons. The second kappa shape index (κ2) is 8.98. The van der Waals surface area contributed by atoms with Crippen molar-refractivity contribution in [1.29, 1.82) is 0 Å². The van der Waals surface area contributed by atoms with Crippen molar-refractivity contribution in [3.05, 3.63) is 66.0 Å². The molecule has 2 aromatic carbocycles. The van der Waals surface area contributed by atoms with Crippen molar-refractivity contribution in [3.63, 3.8) is 0 Å². The number of aryl methyl sites for hydroxylation is 1. The molecule has 1 aliphatic heterocycles. The van der Waals surface area contributed by atoms with E-state index in [-0.39, 0.29) is 11.8 Å². The molecule has 156 valence electrons. The van der Waals surface area contributed by atoms with Gasteiger partial charge in [-0.25, -0.2) is 13.9 Å². The normalized spacial score (nSPS) is 13.9. The lowest BCUT2D eigenvalue weighted by molar-refractivity contribution is 0.251. The highest BCUT2D eigenvalue weighted by Gasteiger charge is 2.25. The summed E-state index contributed by atoms with van der Waals surface area (Å²) in [5.41, 5.74) is 3.24. The summed E-state index contributed by atoms with van der Waals surface area (Å²) in [5, 5.41) is 10.5. The first-order valence-electron chi connectivity index (χ1n) is 10.3. The van der Waals surface area contributed by atoms with Crippen LogP contribution in [0, 0.1) is 5.82 Å². The van der Waals surface area contributed by atoms with E-state index in [2.05, 4.69) is 20.6 Å². The number of rotatable bonds is 5. The molecule has 2 amide bonds. The van der Waals surface area contributed by atoms with E-state index in [0.717, 1.165) is 37.2 Å². The number of nitrogens with zero attached hydrogens (tertiary/aromatic N) is 3. The fraction of sp³-hybridized carbons (Fsp3) is 0.304. The summed E-state index contributed by atoms with van der Waals surface area (Å²) in [6, 6.07) is 15.9. The minimum Gasteiger partial charge on any atom is -0.367 e. The Hall–Kier alpha value is -3.35. The SMILES string of the molecule is Cn1nc(-c2cccc(F)c2)c(N2CCCCC2)c1NC(=O)NCc1ccccc1. The smallest absolute Gasteiger partial charge is 0.320 e. The first-order chi connectivity index (χ1) is 14.6. The Kier molecular flexibility index (Phi) is 5.97. The summed E-state index contributed by atoms with van der Waals surface area (Å²) < 4.78 is 15.5. The van der Waals surface area contributed by atoms with Gasteiger partial charge >= 0.3 is 6.03 Å². The Morgan fingerprint density at radius 3 is 2.57 bits per heavy atom. The Labute approximate surface area is 175 Å². The topological polar surface area (TPSA) is 62.2 Å². The van der Waals surface area contributed by atoms with Crippen molar-refractivity contribution in [3.8, 4) is 11.3 Å². The molecule has 0 bridgehead atoms. The zero-order valence-electron chi connectivity index (χ0n) is 17.1. The number of halogens is 1. The maximum absolute atomic E-state index is 13.9. The van der Waals surface area contributed by atoms with E-state index in [0.29, 0.717) is 23.6 Å². The van der Waals surface area contributed by atoms with Crippen LogP contribution in [0.5, 0.6) is 0 Å². The van der Waals surface area contributed by atoms with Crippen LogP contribution in [-0.2, 0) is 13.6 Å². The molecule has 4 rings (SSSR count). The number of nitrogens with one attached hydrogen (secondary N) is 2. The third kappa shape index (κ3) is 4.45. The molecule has 1 aromatic heterocycles. The van der Waals surface area contributed by atoms with Gasteiger partial charge in [-0.2, -0.15) is 5.10 Å². The van der Waals surface area contributed by atoms with Crippen molar-refractivity contribution >= 4 is 17.5 Å². The average Bonchev–Trinajstić information content (AvgIpc) is 3.09. The van der Waals surface area contributed by atoms with E-state index in [1.54, 1.807) is 17.8 Å². The standard InChI is InChI=1S/C23H26FN5O/c1-28-22(26-23(30)25-16-17-9-4-2-5-10-17)21(29-13-6-3-7-14-29)20(27-28)18-11-8-12-19(24)15-18/h2,4-5,8-12,15H,3,6-7,13-14,16H2,1H3,(H2,25,26,30). The second-order valence-corrected chi connectivity index (χ2v) is 7.52. The summed E-state index contributed by atoms with van der Waals surface area (Å²) in [6.45, 7) is 2.20. The molecule has 2 heterocycles. The summed E-state index contributed by atoms with van der Waals surface area (Å²) in [4.78, 5) is 14.9. The lowest BCUT2D eigenvalue weighted by Crippen LogP contribution is -2.33. The molecule has 1 fully saturated rings. The molecule has 1 saturated heterocycles.